The van der Waals surface area contributed by atoms with Gasteiger partial charge < -0.3 is 113 Å². The molecule has 7 aromatic carbocycles. The summed E-state index contributed by atoms with van der Waals surface area (Å²) in [7, 11) is 0. The molecule has 14 aliphatic rings. The highest BCUT2D eigenvalue weighted by Gasteiger charge is 2.54. The maximum atomic E-state index is 12.9. The fourth-order valence-electron chi connectivity index (χ4n) is 19.0. The molecule has 12 heterocycles. The van der Waals surface area contributed by atoms with Crippen LogP contribution in [0.25, 0.3) is 15.9 Å². The van der Waals surface area contributed by atoms with Gasteiger partial charge in [0, 0.05) is 121 Å². The molecule has 11 fully saturated rings. The number of amides is 11. The number of pyridine rings is 1. The quantitative estimate of drug-likeness (QED) is 0.00752. The monoisotopic (exact) mass is 2100 g/mol. The van der Waals surface area contributed by atoms with Crippen LogP contribution in [0.2, 0.25) is 0 Å². The number of anilines is 1. The highest BCUT2D eigenvalue weighted by atomic mass is 127. The minimum atomic E-state index is -4.44. The molecule has 0 bridgehead atoms. The number of benzene rings is 7. The molecule has 10 aliphatic heterocycles. The first-order valence-electron chi connectivity index (χ1n) is 48.9. The van der Waals surface area contributed by atoms with Gasteiger partial charge in [-0.2, -0.15) is 13.2 Å². The molecule has 10 atom stereocenters. The number of morpholine rings is 1. The fraction of sp³-hybridized carbons (Fsp3) is 0.421. The number of nitrogens with zero attached hydrogens (tertiary/aromatic N) is 9. The molecular weight excluding hydrogens is 1980 g/mol. The number of ether oxygens (including phenoxy) is 7. The molecule has 0 spiro atoms. The summed E-state index contributed by atoms with van der Waals surface area (Å²) >= 11 is 0. The van der Waals surface area contributed by atoms with Crippen molar-refractivity contribution < 1.29 is 125 Å². The lowest BCUT2D eigenvalue weighted by Crippen LogP contribution is -3.00. The van der Waals surface area contributed by atoms with E-state index in [4.69, 9.17) is 56.5 Å². The van der Waals surface area contributed by atoms with Crippen LogP contribution in [0.15, 0.2) is 231 Å². The van der Waals surface area contributed by atoms with E-state index in [2.05, 4.69) is 25.4 Å². The lowest BCUT2D eigenvalue weighted by atomic mass is 9.97. The lowest BCUT2D eigenvalue weighted by Gasteiger charge is -2.26. The average molecular weight is 2110 g/mol. The number of epoxide rings is 1. The Morgan fingerprint density at radius 1 is 0.483 bits per heavy atom. The molecule has 38 heteroatoms. The standard InChI is InChI=1S/C23H22N2O4.C18H19F3N6O.C15H20N2O2.C15H19NO3.C12H13NO3.C12H13NO2.C8H5NO2.C4H8O.HI.H2N2.H2/c26-21-17-8-4-5-9-18(17)22(27)25(21)20-13-24(12-19(20)16-10-11-16)23(28)29-14-15-6-2-1-3-7-15;1-22-13-6-24-16-11(4-5-23-16)15(13)26-14-8-27(7-12(14)10-2-3-10)17(28)25-9-18(19,20)21;16-14-9-17(8-13(14)12-6-7-12)15(18)19-10-11-4-2-1-3-5-11;17-14-9-16(8-13(14)12-6-7-12)15(18)19-10-11-4-2-1-3-5-11;14-12(13-6-10-11(7-13)16-10)15-8-9-4-2-1-3-5-9;14-12(13-8-4-5-9-13)15-10-11-6-2-1-3-7-11;10-7-5-3-1-2-4-6(5)8(11)9-7;1-2-4-5-3-1;;1-2;/h1-9,16,19-20H,10-14H2;4-6,10,12,14H,2-3,7-9H2,(H,25,28)(H2,23,24,26);1-5,12-14H,6-10,16H2;1-5,12-14,17H,6-10H2;1-5,10-11H,6-8H2;1-7H,8-10H2;1-4H,(H,9,10,11);1-4H2;1H;1-2H;1H/p-1/t19-,20-;12-,14-;13-,14-;13-,14+;;;;;;;/m0000......./s1. The normalized spacial score (nSPS) is 22.3. The van der Waals surface area contributed by atoms with Crippen LogP contribution in [0.3, 0.4) is 0 Å². The molecule has 2 aromatic heterocycles. The predicted octanol–water partition coefficient (Wildman–Crippen LogP) is 13.7. The van der Waals surface area contributed by atoms with Gasteiger partial charge >= 0.3 is 42.7 Å². The van der Waals surface area contributed by atoms with Gasteiger partial charge in [-0.3, -0.25) is 34.4 Å². The number of halogens is 4. The van der Waals surface area contributed by atoms with Crippen LogP contribution >= 0.6 is 0 Å². The zero-order chi connectivity index (χ0) is 101. The first-order valence-corrected chi connectivity index (χ1v) is 48.9. The molecule has 4 saturated carbocycles. The highest BCUT2D eigenvalue weighted by Crippen LogP contribution is 2.48. The van der Waals surface area contributed by atoms with Crippen molar-refractivity contribution in [3.8, 4) is 0 Å². The number of aromatic amines is 1. The average Bonchev–Trinajstić information content (AvgIpc) is 1.59. The number of carbonyl (C=O) groups excluding carboxylic acids is 10. The van der Waals surface area contributed by atoms with E-state index in [1.807, 2.05) is 175 Å². The van der Waals surface area contributed by atoms with Crippen LogP contribution in [-0.4, -0.2) is 250 Å². The number of nitrogens with two attached hydrogens (primary N) is 1. The van der Waals surface area contributed by atoms with Crippen LogP contribution in [0.4, 0.5) is 53.3 Å². The van der Waals surface area contributed by atoms with Crippen molar-refractivity contribution in [3.05, 3.63) is 292 Å². The number of nitrogens with one attached hydrogen (secondary N) is 6. The number of rotatable bonds is 18. The van der Waals surface area contributed by atoms with Gasteiger partial charge in [0.1, 0.15) is 57.4 Å². The van der Waals surface area contributed by atoms with Crippen molar-refractivity contribution >= 4 is 82.5 Å². The molecular formula is C107H123F3IN16O18-. The number of β-amino-alcohol motifs (C(OH)–C–C–N with tert-alkyl or cyclic N) is 1. The van der Waals surface area contributed by atoms with Crippen LogP contribution in [-0.2, 0) is 66.2 Å². The second kappa shape index (κ2) is 51.6. The topological polar surface area (TPSA) is 424 Å². The molecule has 34 nitrogen and oxygen atoms in total. The summed E-state index contributed by atoms with van der Waals surface area (Å²) in [5.41, 5.74) is 24.6. The smallest absolute Gasteiger partial charge is 0.410 e. The van der Waals surface area contributed by atoms with Gasteiger partial charge in [0.15, 0.2) is 0 Å². The van der Waals surface area contributed by atoms with E-state index < -0.39 is 24.8 Å². The first-order chi connectivity index (χ1) is 69.9. The second-order valence-electron chi connectivity index (χ2n) is 37.7. The number of fused-ring (bicyclic) bond motifs is 4. The first kappa shape index (κ1) is 107. The Hall–Kier alpha value is -13.9. The third kappa shape index (κ3) is 30.2. The van der Waals surface area contributed by atoms with Crippen LogP contribution in [0.5, 0.6) is 0 Å². The van der Waals surface area contributed by atoms with E-state index in [1.54, 1.807) is 79.2 Å². The third-order valence-corrected chi connectivity index (χ3v) is 27.3. The van der Waals surface area contributed by atoms with Gasteiger partial charge in [-0.05, 0) is 152 Å². The van der Waals surface area contributed by atoms with Crippen LogP contribution < -0.4 is 45.7 Å². The van der Waals surface area contributed by atoms with E-state index in [0.29, 0.717) is 155 Å². The third-order valence-electron chi connectivity index (χ3n) is 27.3. The Bertz CT molecular complexity index is 5770. The molecule has 4 aliphatic carbocycles. The molecule has 768 valence electrons. The number of alkyl halides is 3. The Kier molecular flexibility index (Phi) is 38.0. The van der Waals surface area contributed by atoms with Gasteiger partial charge in [0.2, 0.25) is 5.69 Å². The minimum absolute atomic E-state index is 0. The highest BCUT2D eigenvalue weighted by molar-refractivity contribution is 6.22. The van der Waals surface area contributed by atoms with Gasteiger partial charge in [-0.15, -0.1) is 0 Å². The maximum absolute atomic E-state index is 12.9. The zero-order valence-electron chi connectivity index (χ0n) is 80.2. The van der Waals surface area contributed by atoms with Crippen LogP contribution in [0, 0.1) is 65.0 Å². The van der Waals surface area contributed by atoms with Crippen molar-refractivity contribution in [2.24, 2.45) is 53.1 Å². The van der Waals surface area contributed by atoms with Crippen molar-refractivity contribution in [2.45, 2.75) is 140 Å². The van der Waals surface area contributed by atoms with E-state index in [1.165, 1.54) is 54.5 Å². The maximum Gasteiger partial charge on any atom is 0.410 e. The molecule has 145 heavy (non-hydrogen) atoms. The molecule has 23 rings (SSSR count). The van der Waals surface area contributed by atoms with Gasteiger partial charge in [0.05, 0.1) is 66.3 Å². The molecule has 9 N–H and O–H groups in total. The number of aliphatic hydroxyl groups is 1. The molecule has 7 saturated heterocycles. The van der Waals surface area contributed by atoms with Crippen molar-refractivity contribution in [3.63, 3.8) is 0 Å². The summed E-state index contributed by atoms with van der Waals surface area (Å²) in [4.78, 5) is 142. The van der Waals surface area contributed by atoms with Gasteiger partial charge in [0.25, 0.3) is 23.6 Å². The Balaban J connectivity index is 0.000000143. The molecule has 2 unspecified atom stereocenters. The zero-order valence-corrected chi connectivity index (χ0v) is 82.4. The number of imide groups is 2. The fourth-order valence-corrected chi connectivity index (χ4v) is 19.0. The Morgan fingerprint density at radius 3 is 1.29 bits per heavy atom. The van der Waals surface area contributed by atoms with Crippen molar-refractivity contribution in [2.75, 3.05) is 104 Å². The Labute approximate surface area is 857 Å². The molecule has 11 amide bonds. The Morgan fingerprint density at radius 2 is 0.862 bits per heavy atom. The van der Waals surface area contributed by atoms with Gasteiger partial charge in [-0.25, -0.2) is 44.7 Å². The SMILES string of the molecule is C1CCOC1.N=N.N[C@H]1CN(C(=O)OCc2ccccc2)C[C@H]1C1CC1.O=C(OCc1ccccc1)N1CC2OC2C1.O=C(OCc1ccccc1)N1CC=CC1.O=C(OCc1ccccc1)N1C[C@@H](C2CC2)[C@@H](N2C(=O)c3ccccc3C2=O)C1.O=C(OCc1ccccc1)N1C[C@@H](O)[C@H](C2CC2)C1.O=C1NC(=O)c2ccccc21.[C-]#[N+]c1cnc2[nH]ccc2c1N[C@H]1CN(C(=O)NCC(F)(F)F)C[C@H]1C1CC1.[HH].[I-]. The van der Waals surface area contributed by atoms with E-state index >= 15 is 0 Å². The number of carbonyl (C=O) groups is 10. The number of aromatic nitrogens is 2. The number of hydrogen-bond acceptors (Lipinski definition) is 23. The number of likely N-dealkylation sites (tertiary alicyclic amines) is 5. The summed E-state index contributed by atoms with van der Waals surface area (Å²) < 4.78 is 73.9. The summed E-state index contributed by atoms with van der Waals surface area (Å²) in [6.07, 6.45) is 13.2. The molecule has 9 aromatic rings. The second-order valence-corrected chi connectivity index (χ2v) is 37.7. The number of urea groups is 1. The van der Waals surface area contributed by atoms with Crippen molar-refractivity contribution in [1.82, 2.24) is 54.9 Å². The number of aliphatic hydroxyl groups excluding tert-OH is 1. The van der Waals surface area contributed by atoms with E-state index in [9.17, 15) is 66.2 Å². The largest absolute Gasteiger partial charge is 1.00 e. The predicted molar refractivity (Wildman–Crippen MR) is 525 cm³/mol. The summed E-state index contributed by atoms with van der Waals surface area (Å²) in [5.74, 6) is 2.13. The molecule has 0 radical (unpaired) electrons. The van der Waals surface area contributed by atoms with E-state index in [-0.39, 0.29) is 141 Å². The van der Waals surface area contributed by atoms with Gasteiger partial charge in [-0.1, -0.05) is 188 Å². The van der Waals surface area contributed by atoms with Crippen LogP contribution in [0.1, 0.15) is 135 Å². The van der Waals surface area contributed by atoms with E-state index in [0.717, 1.165) is 84.6 Å². The van der Waals surface area contributed by atoms with Crippen molar-refractivity contribution in [1.29, 1.82) is 11.1 Å². The summed E-state index contributed by atoms with van der Waals surface area (Å²) in [5, 5.41) is 18.3. The lowest BCUT2D eigenvalue weighted by molar-refractivity contribution is -0.123. The minimum Gasteiger partial charge on any atom is -1.00 e. The summed E-state index contributed by atoms with van der Waals surface area (Å²) in [6.45, 7) is 16.3. The number of hydrogen-bond donors (Lipinski definition) is 8. The number of H-pyrrole nitrogens is 1. The summed E-state index contributed by atoms with van der Waals surface area (Å²) in [6, 6.07) is 62.8.